The van der Waals surface area contributed by atoms with E-state index in [2.05, 4.69) is 10.2 Å². The van der Waals surface area contributed by atoms with Crippen molar-refractivity contribution in [2.45, 2.75) is 51.0 Å². The Morgan fingerprint density at radius 1 is 1.16 bits per heavy atom. The number of carbonyl (C=O) groups excluding carboxylic acids is 1. The number of likely N-dealkylation sites (tertiary alicyclic amines) is 1. The predicted molar refractivity (Wildman–Crippen MR) is 99.4 cm³/mol. The van der Waals surface area contributed by atoms with E-state index < -0.39 is 0 Å². The van der Waals surface area contributed by atoms with E-state index in [0.717, 1.165) is 70.2 Å². The van der Waals surface area contributed by atoms with E-state index >= 15 is 0 Å². The summed E-state index contributed by atoms with van der Waals surface area (Å²) in [6, 6.07) is 0.343. The number of carbonyl (C=O) groups is 1. The zero-order valence-electron chi connectivity index (χ0n) is 14.8. The van der Waals surface area contributed by atoms with Crippen molar-refractivity contribution in [3.8, 4) is 0 Å². The summed E-state index contributed by atoms with van der Waals surface area (Å²) in [6.07, 6.45) is 8.13. The molecule has 1 atom stereocenters. The molecule has 2 saturated heterocycles. The second-order valence-corrected chi connectivity index (χ2v) is 8.37. The Morgan fingerprint density at radius 2 is 2.00 bits per heavy atom. The molecule has 6 nitrogen and oxygen atoms in total. The first-order valence-corrected chi connectivity index (χ1v) is 10.5. The molecule has 138 valence electrons. The van der Waals surface area contributed by atoms with Gasteiger partial charge in [0.05, 0.1) is 18.9 Å². The molecular weight excluding hydrogens is 336 g/mol. The fraction of sp³-hybridized carbons (Fsp3) is 0.778. The standard InChI is InChI=1S/C18H28N4O2S/c23-18(20-17-19-15-6-2-1-3-7-16(15)25-17)22-8-4-5-14(22)13-21-9-11-24-12-10-21/h14H,1-13H2,(H,19,20,23). The molecule has 0 spiro atoms. The van der Waals surface area contributed by atoms with Gasteiger partial charge in [0.15, 0.2) is 5.13 Å². The lowest BCUT2D eigenvalue weighted by Gasteiger charge is -2.32. The molecule has 2 amide bonds. The molecule has 2 aliphatic heterocycles. The van der Waals surface area contributed by atoms with Gasteiger partial charge in [-0.1, -0.05) is 6.42 Å². The van der Waals surface area contributed by atoms with Gasteiger partial charge >= 0.3 is 6.03 Å². The Hall–Kier alpha value is -1.18. The Labute approximate surface area is 153 Å². The number of amides is 2. The van der Waals surface area contributed by atoms with Crippen molar-refractivity contribution in [1.82, 2.24) is 14.8 Å². The molecule has 0 saturated carbocycles. The van der Waals surface area contributed by atoms with Crippen LogP contribution in [0, 0.1) is 0 Å². The molecule has 0 aromatic carbocycles. The van der Waals surface area contributed by atoms with Crippen LogP contribution >= 0.6 is 11.3 Å². The van der Waals surface area contributed by atoms with Crippen molar-refractivity contribution < 1.29 is 9.53 Å². The quantitative estimate of drug-likeness (QED) is 0.838. The monoisotopic (exact) mass is 364 g/mol. The van der Waals surface area contributed by atoms with Gasteiger partial charge in [0.25, 0.3) is 0 Å². The van der Waals surface area contributed by atoms with Gasteiger partial charge < -0.3 is 9.64 Å². The van der Waals surface area contributed by atoms with Gasteiger partial charge in [-0.3, -0.25) is 10.2 Å². The average Bonchev–Trinajstić information content (AvgIpc) is 3.17. The Bertz CT molecular complexity index is 576. The zero-order chi connectivity index (χ0) is 17.1. The van der Waals surface area contributed by atoms with Crippen molar-refractivity contribution in [1.29, 1.82) is 0 Å². The van der Waals surface area contributed by atoms with Crippen LogP contribution in [0.25, 0.3) is 0 Å². The summed E-state index contributed by atoms with van der Waals surface area (Å²) in [7, 11) is 0. The topological polar surface area (TPSA) is 57.7 Å². The largest absolute Gasteiger partial charge is 0.379 e. The molecule has 2 fully saturated rings. The van der Waals surface area contributed by atoms with Gasteiger partial charge in [-0.2, -0.15) is 0 Å². The molecule has 3 heterocycles. The molecule has 1 aromatic rings. The normalized spacial score (nSPS) is 24.8. The lowest BCUT2D eigenvalue weighted by Crippen LogP contribution is -2.47. The lowest BCUT2D eigenvalue weighted by atomic mass is 10.2. The van der Waals surface area contributed by atoms with Crippen molar-refractivity contribution in [2.24, 2.45) is 0 Å². The van der Waals surface area contributed by atoms with Crippen molar-refractivity contribution in [2.75, 3.05) is 44.7 Å². The number of aryl methyl sites for hydroxylation is 2. The second kappa shape index (κ2) is 8.01. The van der Waals surface area contributed by atoms with Crippen LogP contribution in [-0.4, -0.2) is 66.2 Å². The molecule has 3 aliphatic rings. The molecule has 25 heavy (non-hydrogen) atoms. The maximum absolute atomic E-state index is 12.8. The first-order valence-electron chi connectivity index (χ1n) is 9.66. The lowest BCUT2D eigenvalue weighted by molar-refractivity contribution is 0.0296. The minimum atomic E-state index is 0.0275. The van der Waals surface area contributed by atoms with Gasteiger partial charge in [0, 0.05) is 37.1 Å². The number of anilines is 1. The summed E-state index contributed by atoms with van der Waals surface area (Å²) in [5.41, 5.74) is 1.21. The predicted octanol–water partition coefficient (Wildman–Crippen LogP) is 2.74. The molecule has 1 aromatic heterocycles. The molecule has 0 bridgehead atoms. The minimum absolute atomic E-state index is 0.0275. The number of urea groups is 1. The number of ether oxygens (including phenoxy) is 1. The van der Waals surface area contributed by atoms with Crippen LogP contribution in [0.4, 0.5) is 9.93 Å². The maximum atomic E-state index is 12.8. The molecule has 0 radical (unpaired) electrons. The van der Waals surface area contributed by atoms with Gasteiger partial charge in [-0.05, 0) is 38.5 Å². The fourth-order valence-electron chi connectivity index (χ4n) is 4.12. The van der Waals surface area contributed by atoms with Crippen molar-refractivity contribution in [3.63, 3.8) is 0 Å². The second-order valence-electron chi connectivity index (χ2n) is 7.28. The summed E-state index contributed by atoms with van der Waals surface area (Å²) >= 11 is 1.68. The number of hydrogen-bond donors (Lipinski definition) is 1. The molecular formula is C18H28N4O2S. The van der Waals surface area contributed by atoms with Gasteiger partial charge in [0.1, 0.15) is 0 Å². The number of rotatable bonds is 3. The van der Waals surface area contributed by atoms with E-state index in [0.29, 0.717) is 6.04 Å². The SMILES string of the molecule is O=C(Nc1nc2c(s1)CCCCC2)N1CCCC1CN1CCOCC1. The van der Waals surface area contributed by atoms with Crippen LogP contribution in [0.1, 0.15) is 42.7 Å². The van der Waals surface area contributed by atoms with Crippen molar-refractivity contribution >= 4 is 22.5 Å². The number of hydrogen-bond acceptors (Lipinski definition) is 5. The van der Waals surface area contributed by atoms with Crippen LogP contribution < -0.4 is 5.32 Å². The Balaban J connectivity index is 1.36. The molecule has 7 heteroatoms. The Morgan fingerprint density at radius 3 is 2.88 bits per heavy atom. The highest BCUT2D eigenvalue weighted by molar-refractivity contribution is 7.15. The third-order valence-corrected chi connectivity index (χ3v) is 6.59. The van der Waals surface area contributed by atoms with Crippen molar-refractivity contribution in [3.05, 3.63) is 10.6 Å². The summed E-state index contributed by atoms with van der Waals surface area (Å²) in [6.45, 7) is 5.39. The van der Waals surface area contributed by atoms with Crippen LogP contribution in [0.3, 0.4) is 0 Å². The summed E-state index contributed by atoms with van der Waals surface area (Å²) in [5.74, 6) is 0. The highest BCUT2D eigenvalue weighted by Gasteiger charge is 2.31. The summed E-state index contributed by atoms with van der Waals surface area (Å²) in [4.78, 5) is 23.3. The van der Waals surface area contributed by atoms with E-state index in [-0.39, 0.29) is 6.03 Å². The number of nitrogens with one attached hydrogen (secondary N) is 1. The number of morpholine rings is 1. The smallest absolute Gasteiger partial charge is 0.323 e. The van der Waals surface area contributed by atoms with E-state index in [1.54, 1.807) is 11.3 Å². The first kappa shape index (κ1) is 17.2. The zero-order valence-corrected chi connectivity index (χ0v) is 15.7. The highest BCUT2D eigenvalue weighted by atomic mass is 32.1. The fourth-order valence-corrected chi connectivity index (χ4v) is 5.16. The first-order chi connectivity index (χ1) is 12.3. The summed E-state index contributed by atoms with van der Waals surface area (Å²) < 4.78 is 5.42. The third-order valence-electron chi connectivity index (χ3n) is 5.52. The highest BCUT2D eigenvalue weighted by Crippen LogP contribution is 2.29. The minimum Gasteiger partial charge on any atom is -0.379 e. The number of fused-ring (bicyclic) bond motifs is 1. The van der Waals surface area contributed by atoms with E-state index in [1.165, 1.54) is 29.8 Å². The third kappa shape index (κ3) is 4.15. The molecule has 1 N–H and O–H groups in total. The molecule has 1 aliphatic carbocycles. The summed E-state index contributed by atoms with van der Waals surface area (Å²) in [5, 5.41) is 3.87. The molecule has 1 unspecified atom stereocenters. The number of aromatic nitrogens is 1. The van der Waals surface area contributed by atoms with Crippen LogP contribution in [0.5, 0.6) is 0 Å². The maximum Gasteiger partial charge on any atom is 0.323 e. The van der Waals surface area contributed by atoms with E-state index in [4.69, 9.17) is 9.72 Å². The van der Waals surface area contributed by atoms with Crippen LogP contribution in [0.2, 0.25) is 0 Å². The van der Waals surface area contributed by atoms with E-state index in [1.807, 2.05) is 4.90 Å². The molecule has 4 rings (SSSR count). The van der Waals surface area contributed by atoms with Gasteiger partial charge in [-0.15, -0.1) is 11.3 Å². The average molecular weight is 365 g/mol. The number of nitrogens with zero attached hydrogens (tertiary/aromatic N) is 3. The van der Waals surface area contributed by atoms with E-state index in [9.17, 15) is 4.79 Å². The van der Waals surface area contributed by atoms with Crippen LogP contribution in [-0.2, 0) is 17.6 Å². The van der Waals surface area contributed by atoms with Gasteiger partial charge in [0.2, 0.25) is 0 Å². The Kier molecular flexibility index (Phi) is 5.53. The van der Waals surface area contributed by atoms with Crippen LogP contribution in [0.15, 0.2) is 0 Å². The number of thiazole rings is 1. The van der Waals surface area contributed by atoms with Gasteiger partial charge in [-0.25, -0.2) is 9.78 Å².